The molecule has 3 rings (SSSR count). The minimum atomic E-state index is -1.48. The van der Waals surface area contributed by atoms with Gasteiger partial charge in [-0.3, -0.25) is 0 Å². The van der Waals surface area contributed by atoms with Gasteiger partial charge in [-0.15, -0.1) is 0 Å². The van der Waals surface area contributed by atoms with Gasteiger partial charge >= 0.3 is 0 Å². The molecular weight excluding hydrogens is 305 g/mol. The average molecular weight is 318 g/mol. The lowest BCUT2D eigenvalue weighted by atomic mass is 10.1. The van der Waals surface area contributed by atoms with E-state index in [-0.39, 0.29) is 17.7 Å². The molecule has 0 spiro atoms. The van der Waals surface area contributed by atoms with Gasteiger partial charge < -0.3 is 9.67 Å². The molecule has 0 atom stereocenters. The SMILES string of the molecule is Oc1cccc(Cn2ccnc2Cc2ccc(F)c(F)c2F)c1. The third-order valence-electron chi connectivity index (χ3n) is 3.53. The van der Waals surface area contributed by atoms with Gasteiger partial charge in [0, 0.05) is 25.4 Å². The molecule has 23 heavy (non-hydrogen) atoms. The predicted molar refractivity (Wildman–Crippen MR) is 78.6 cm³/mol. The smallest absolute Gasteiger partial charge is 0.194 e. The molecule has 0 saturated carbocycles. The topological polar surface area (TPSA) is 38.0 Å². The molecule has 0 aliphatic carbocycles. The van der Waals surface area contributed by atoms with E-state index in [1.807, 2.05) is 6.07 Å². The Morgan fingerprint density at radius 3 is 2.65 bits per heavy atom. The van der Waals surface area contributed by atoms with E-state index in [0.29, 0.717) is 12.4 Å². The van der Waals surface area contributed by atoms with Crippen LogP contribution in [-0.2, 0) is 13.0 Å². The van der Waals surface area contributed by atoms with Crippen LogP contribution in [0.4, 0.5) is 13.2 Å². The fourth-order valence-corrected chi connectivity index (χ4v) is 2.38. The molecule has 0 amide bonds. The van der Waals surface area contributed by atoms with Gasteiger partial charge in [0.15, 0.2) is 17.5 Å². The van der Waals surface area contributed by atoms with Crippen LogP contribution in [0.3, 0.4) is 0 Å². The van der Waals surface area contributed by atoms with E-state index in [1.165, 1.54) is 6.07 Å². The Morgan fingerprint density at radius 1 is 1.04 bits per heavy atom. The van der Waals surface area contributed by atoms with Crippen LogP contribution < -0.4 is 0 Å². The van der Waals surface area contributed by atoms with Crippen LogP contribution in [0.1, 0.15) is 17.0 Å². The number of hydrogen-bond acceptors (Lipinski definition) is 2. The van der Waals surface area contributed by atoms with Crippen molar-refractivity contribution in [3.63, 3.8) is 0 Å². The third-order valence-corrected chi connectivity index (χ3v) is 3.53. The first-order valence-corrected chi connectivity index (χ1v) is 6.95. The van der Waals surface area contributed by atoms with Gasteiger partial charge in [0.05, 0.1) is 0 Å². The zero-order valence-corrected chi connectivity index (χ0v) is 12.0. The highest BCUT2D eigenvalue weighted by Crippen LogP contribution is 2.19. The van der Waals surface area contributed by atoms with Crippen LogP contribution in [0.15, 0.2) is 48.8 Å². The quantitative estimate of drug-likeness (QED) is 0.746. The Bertz CT molecular complexity index is 846. The number of nitrogens with zero attached hydrogens (tertiary/aromatic N) is 2. The summed E-state index contributed by atoms with van der Waals surface area (Å²) in [7, 11) is 0. The number of rotatable bonds is 4. The molecule has 1 heterocycles. The van der Waals surface area contributed by atoms with Gasteiger partial charge in [-0.2, -0.15) is 0 Å². The second kappa shape index (κ2) is 6.16. The second-order valence-electron chi connectivity index (χ2n) is 5.15. The van der Waals surface area contributed by atoms with Crippen LogP contribution in [-0.4, -0.2) is 14.7 Å². The van der Waals surface area contributed by atoms with Crippen molar-refractivity contribution in [1.82, 2.24) is 9.55 Å². The number of halogens is 3. The molecule has 0 radical (unpaired) electrons. The summed E-state index contributed by atoms with van der Waals surface area (Å²) in [5.41, 5.74) is 0.877. The Balaban J connectivity index is 1.86. The van der Waals surface area contributed by atoms with Gasteiger partial charge in [0.25, 0.3) is 0 Å². The van der Waals surface area contributed by atoms with Crippen molar-refractivity contribution in [2.75, 3.05) is 0 Å². The molecule has 0 unspecified atom stereocenters. The lowest BCUT2D eigenvalue weighted by Gasteiger charge is -2.09. The monoisotopic (exact) mass is 318 g/mol. The number of hydrogen-bond donors (Lipinski definition) is 1. The number of aromatic hydroxyl groups is 1. The molecular formula is C17H13F3N2O. The summed E-state index contributed by atoms with van der Waals surface area (Å²) in [6, 6.07) is 8.84. The summed E-state index contributed by atoms with van der Waals surface area (Å²) in [6.07, 6.45) is 3.29. The van der Waals surface area contributed by atoms with Crippen molar-refractivity contribution in [2.45, 2.75) is 13.0 Å². The van der Waals surface area contributed by atoms with Gasteiger partial charge in [0.1, 0.15) is 11.6 Å². The van der Waals surface area contributed by atoms with E-state index in [1.54, 1.807) is 35.2 Å². The zero-order chi connectivity index (χ0) is 16.4. The highest BCUT2D eigenvalue weighted by atomic mass is 19.2. The van der Waals surface area contributed by atoms with E-state index in [9.17, 15) is 18.3 Å². The molecule has 118 valence electrons. The fraction of sp³-hybridized carbons (Fsp3) is 0.118. The molecule has 0 fully saturated rings. The molecule has 0 saturated heterocycles. The number of phenolic OH excluding ortho intramolecular Hbond substituents is 1. The largest absolute Gasteiger partial charge is 0.508 e. The van der Waals surface area contributed by atoms with Crippen LogP contribution in [0.2, 0.25) is 0 Å². The van der Waals surface area contributed by atoms with Gasteiger partial charge in [-0.1, -0.05) is 18.2 Å². The summed E-state index contributed by atoms with van der Waals surface area (Å²) in [6.45, 7) is 0.426. The van der Waals surface area contributed by atoms with Crippen LogP contribution >= 0.6 is 0 Å². The summed E-state index contributed by atoms with van der Waals surface area (Å²) in [5.74, 6) is -3.23. The average Bonchev–Trinajstić information content (AvgIpc) is 2.95. The van der Waals surface area contributed by atoms with Crippen molar-refractivity contribution in [2.24, 2.45) is 0 Å². The maximum absolute atomic E-state index is 13.8. The van der Waals surface area contributed by atoms with E-state index >= 15 is 0 Å². The summed E-state index contributed by atoms with van der Waals surface area (Å²) in [4.78, 5) is 4.14. The van der Waals surface area contributed by atoms with Gasteiger partial charge in [-0.25, -0.2) is 18.2 Å². The molecule has 2 aromatic carbocycles. The molecule has 0 bridgehead atoms. The van der Waals surface area contributed by atoms with Crippen LogP contribution in [0.5, 0.6) is 5.75 Å². The van der Waals surface area contributed by atoms with Crippen molar-refractivity contribution >= 4 is 0 Å². The van der Waals surface area contributed by atoms with E-state index < -0.39 is 17.5 Å². The Morgan fingerprint density at radius 2 is 1.87 bits per heavy atom. The van der Waals surface area contributed by atoms with Crippen molar-refractivity contribution < 1.29 is 18.3 Å². The Labute approximate surface area is 130 Å². The summed E-state index contributed by atoms with van der Waals surface area (Å²) < 4.78 is 41.8. The molecule has 1 N–H and O–H groups in total. The molecule has 3 nitrogen and oxygen atoms in total. The minimum Gasteiger partial charge on any atom is -0.508 e. The number of aromatic nitrogens is 2. The van der Waals surface area contributed by atoms with E-state index in [0.717, 1.165) is 11.6 Å². The Kier molecular flexibility index (Phi) is 4.06. The minimum absolute atomic E-state index is 0.0345. The van der Waals surface area contributed by atoms with E-state index in [2.05, 4.69) is 4.98 Å². The maximum Gasteiger partial charge on any atom is 0.194 e. The van der Waals surface area contributed by atoms with Crippen molar-refractivity contribution in [1.29, 1.82) is 0 Å². The predicted octanol–water partition coefficient (Wildman–Crippen LogP) is 3.65. The number of phenols is 1. The molecule has 0 aliphatic heterocycles. The first-order chi connectivity index (χ1) is 11.0. The second-order valence-corrected chi connectivity index (χ2v) is 5.15. The number of benzene rings is 2. The highest BCUT2D eigenvalue weighted by Gasteiger charge is 2.15. The summed E-state index contributed by atoms with van der Waals surface area (Å²) in [5, 5.41) is 9.49. The highest BCUT2D eigenvalue weighted by molar-refractivity contribution is 5.28. The maximum atomic E-state index is 13.8. The van der Waals surface area contributed by atoms with Gasteiger partial charge in [0.2, 0.25) is 0 Å². The first-order valence-electron chi connectivity index (χ1n) is 6.95. The third kappa shape index (κ3) is 3.21. The van der Waals surface area contributed by atoms with E-state index in [4.69, 9.17) is 0 Å². The van der Waals surface area contributed by atoms with Crippen LogP contribution in [0.25, 0.3) is 0 Å². The lowest BCUT2D eigenvalue weighted by Crippen LogP contribution is -2.07. The standard InChI is InChI=1S/C17H13F3N2O/c18-14-5-4-12(16(19)17(14)20)9-15-21-6-7-22(15)10-11-2-1-3-13(23)8-11/h1-8,23H,9-10H2. The van der Waals surface area contributed by atoms with Crippen molar-refractivity contribution in [3.05, 3.63) is 83.2 Å². The van der Waals surface area contributed by atoms with Gasteiger partial charge in [-0.05, 0) is 29.3 Å². The molecule has 3 aromatic rings. The normalized spacial score (nSPS) is 10.9. The van der Waals surface area contributed by atoms with Crippen molar-refractivity contribution in [3.8, 4) is 5.75 Å². The summed E-state index contributed by atoms with van der Waals surface area (Å²) >= 11 is 0. The molecule has 0 aliphatic rings. The fourth-order valence-electron chi connectivity index (χ4n) is 2.38. The number of imidazole rings is 1. The Hall–Kier alpha value is -2.76. The van der Waals surface area contributed by atoms with Crippen LogP contribution in [0, 0.1) is 17.5 Å². The zero-order valence-electron chi connectivity index (χ0n) is 12.0. The molecule has 1 aromatic heterocycles. The first kappa shape index (κ1) is 15.1. The molecule has 6 heteroatoms. The lowest BCUT2D eigenvalue weighted by molar-refractivity contribution is 0.441.